The first-order valence-corrected chi connectivity index (χ1v) is 27.9. The number of nitrogens with one attached hydrogen (secondary N) is 10. The van der Waals surface area contributed by atoms with Gasteiger partial charge in [0.1, 0.15) is 22.8 Å². The van der Waals surface area contributed by atoms with Crippen molar-refractivity contribution < 1.29 is 47.9 Å². The normalized spacial score (nSPS) is 11.4. The van der Waals surface area contributed by atoms with E-state index in [1.165, 1.54) is 100 Å². The zero-order valence-electron chi connectivity index (χ0n) is 51.0. The lowest BCUT2D eigenvalue weighted by Gasteiger charge is -2.12. The number of hydrogen-bond acceptors (Lipinski definition) is 16. The number of aromatic nitrogens is 12. The second-order valence-corrected chi connectivity index (χ2v) is 21.3. The van der Waals surface area contributed by atoms with Gasteiger partial charge < -0.3 is 100 Å². The lowest BCUT2D eigenvalue weighted by atomic mass is 10.2. The van der Waals surface area contributed by atoms with Crippen molar-refractivity contribution in [3.8, 4) is 0 Å². The van der Waals surface area contributed by atoms with E-state index in [2.05, 4.69) is 73.1 Å². The number of hydrogen-bond donors (Lipinski definition) is 11. The Bertz CT molecular complexity index is 4060. The molecule has 0 spiro atoms. The molecule has 0 aliphatic rings. The SMILES string of the molecule is CN(C)CCCNC(=O)CCNC(=O)c1cc(NC(=O)c2nc(NC(=O)c3nc(NC(=O)c4cc(NC(=O)[C@H](N)CCNC(=O)c5nc(NC(=O)c6cc(NC(=O)c7cc(NC(=O)c8nccn8C)cn7C)cn6C)cn5C)cn4C)cn3C)cn2C)cn1C. The van der Waals surface area contributed by atoms with Gasteiger partial charge >= 0.3 is 0 Å². The first-order valence-electron chi connectivity index (χ1n) is 27.9. The van der Waals surface area contributed by atoms with E-state index in [-0.39, 0.29) is 101 Å². The molecule has 0 saturated heterocycles. The predicted octanol–water partition coefficient (Wildman–Crippen LogP) is 0.762. The van der Waals surface area contributed by atoms with Gasteiger partial charge in [0.2, 0.25) is 29.3 Å². The molecule has 474 valence electrons. The van der Waals surface area contributed by atoms with Gasteiger partial charge in [0, 0.05) is 138 Å². The molecule has 8 rings (SSSR count). The zero-order chi connectivity index (χ0) is 65.2. The molecule has 8 aromatic heterocycles. The molecule has 1 atom stereocenters. The van der Waals surface area contributed by atoms with Crippen LogP contribution in [0.1, 0.15) is 104 Å². The highest BCUT2D eigenvalue weighted by Gasteiger charge is 2.25. The van der Waals surface area contributed by atoms with Crippen LogP contribution in [0.15, 0.2) is 80.0 Å². The largest absolute Gasteiger partial charge is 0.356 e. The third-order valence-corrected chi connectivity index (χ3v) is 13.8. The Balaban J connectivity index is 0.758. The number of nitrogens with zero attached hydrogens (tertiary/aromatic N) is 13. The Morgan fingerprint density at radius 2 is 0.822 bits per heavy atom. The fourth-order valence-electron chi connectivity index (χ4n) is 9.21. The Morgan fingerprint density at radius 3 is 1.28 bits per heavy atom. The van der Waals surface area contributed by atoms with Crippen molar-refractivity contribution in [1.82, 2.24) is 77.3 Å². The van der Waals surface area contributed by atoms with E-state index in [0.29, 0.717) is 23.6 Å². The van der Waals surface area contributed by atoms with E-state index < -0.39 is 59.2 Å². The highest BCUT2D eigenvalue weighted by atomic mass is 16.2. The Morgan fingerprint density at radius 1 is 0.433 bits per heavy atom. The molecule has 90 heavy (non-hydrogen) atoms. The van der Waals surface area contributed by atoms with Gasteiger partial charge in [-0.1, -0.05) is 0 Å². The van der Waals surface area contributed by atoms with Crippen LogP contribution in [-0.4, -0.2) is 167 Å². The molecule has 8 heterocycles. The van der Waals surface area contributed by atoms with Gasteiger partial charge in [0.15, 0.2) is 23.3 Å². The van der Waals surface area contributed by atoms with Gasteiger partial charge in [-0.3, -0.25) is 47.9 Å². The summed E-state index contributed by atoms with van der Waals surface area (Å²) in [6.07, 6.45) is 14.4. The van der Waals surface area contributed by atoms with Crippen LogP contribution in [0.5, 0.6) is 0 Å². The van der Waals surface area contributed by atoms with E-state index in [4.69, 9.17) is 5.73 Å². The number of anilines is 7. The van der Waals surface area contributed by atoms with Gasteiger partial charge in [0.25, 0.3) is 47.3 Å². The first-order chi connectivity index (χ1) is 42.7. The molecule has 0 aromatic carbocycles. The number of amides is 10. The molecule has 0 unspecified atom stereocenters. The molecule has 10 amide bonds. The summed E-state index contributed by atoms with van der Waals surface area (Å²) in [7, 11) is 16.7. The van der Waals surface area contributed by atoms with Gasteiger partial charge in [-0.05, 0) is 57.7 Å². The molecule has 34 heteroatoms. The van der Waals surface area contributed by atoms with E-state index in [1.807, 2.05) is 19.0 Å². The smallest absolute Gasteiger partial charge is 0.292 e. The lowest BCUT2D eigenvalue weighted by molar-refractivity contribution is -0.121. The minimum Gasteiger partial charge on any atom is -0.356 e. The summed E-state index contributed by atoms with van der Waals surface area (Å²) in [6.45, 7) is 1.44. The third kappa shape index (κ3) is 16.0. The number of carbonyl (C=O) groups is 10. The van der Waals surface area contributed by atoms with E-state index >= 15 is 0 Å². The maximum Gasteiger partial charge on any atom is 0.292 e. The van der Waals surface area contributed by atoms with E-state index in [1.54, 1.807) is 72.5 Å². The lowest BCUT2D eigenvalue weighted by Crippen LogP contribution is -2.39. The van der Waals surface area contributed by atoms with Crippen LogP contribution in [0.4, 0.5) is 40.2 Å². The van der Waals surface area contributed by atoms with Gasteiger partial charge in [0.05, 0.1) is 28.8 Å². The highest BCUT2D eigenvalue weighted by molar-refractivity contribution is 6.09. The quantitative estimate of drug-likeness (QED) is 0.0334. The van der Waals surface area contributed by atoms with Crippen molar-refractivity contribution in [3.05, 3.63) is 126 Å². The standard InChI is InChI=1S/C56H70N24O10/c1-72(2)18-11-14-58-43(81)13-16-60-49(83)36-20-33(26-74(36)4)65-55(89)46-68-42(30-79(46)9)71-56(90)47-67-41(29-80(47)10)70-51(85)38-21-31(24-76(38)6)62-48(82)35(57)12-15-61-53(87)45-66-40(28-78(45)8)69-52(86)39-22-32(25-77(39)7)63-50(84)37-23-34(27-75(37)5)64-54(88)44-59-17-19-73(44)3/h17,19-30,35H,11-16,18,57H2,1-10H3,(H,58,81)(H,60,83)(H,61,87)(H,62,82)(H,63,84)(H,64,88)(H,65,89)(H,69,86)(H,70,85)(H,71,90)/t35-/m1/s1. The number of imidazole rings is 4. The maximum atomic E-state index is 13.5. The number of aryl methyl sites for hydroxylation is 8. The third-order valence-electron chi connectivity index (χ3n) is 13.8. The summed E-state index contributed by atoms with van der Waals surface area (Å²) in [4.78, 5) is 150. The topological polar surface area (TPSA) is 411 Å². The van der Waals surface area contributed by atoms with Gasteiger partial charge in [-0.25, -0.2) is 19.9 Å². The highest BCUT2D eigenvalue weighted by Crippen LogP contribution is 2.22. The second kappa shape index (κ2) is 28.0. The van der Waals surface area contributed by atoms with Crippen LogP contribution in [0.3, 0.4) is 0 Å². The molecular weight excluding hydrogens is 1170 g/mol. The van der Waals surface area contributed by atoms with E-state index in [0.717, 1.165) is 13.0 Å². The molecular formula is C56H70N24O10. The van der Waals surface area contributed by atoms with Crippen molar-refractivity contribution in [1.29, 1.82) is 0 Å². The average Bonchev–Trinajstić information content (AvgIpc) is 2.82. The van der Waals surface area contributed by atoms with Crippen LogP contribution in [-0.2, 0) is 66.0 Å². The van der Waals surface area contributed by atoms with Crippen molar-refractivity contribution in [2.45, 2.75) is 25.3 Å². The van der Waals surface area contributed by atoms with Crippen molar-refractivity contribution in [2.24, 2.45) is 62.1 Å². The van der Waals surface area contributed by atoms with Crippen LogP contribution >= 0.6 is 0 Å². The fraction of sp³-hybridized carbons (Fsp3) is 0.321. The average molecular weight is 1240 g/mol. The number of nitrogens with two attached hydrogens (primary N) is 1. The summed E-state index contributed by atoms with van der Waals surface area (Å²) in [5.41, 5.74) is 8.13. The summed E-state index contributed by atoms with van der Waals surface area (Å²) in [6, 6.07) is 4.74. The van der Waals surface area contributed by atoms with Crippen LogP contribution < -0.4 is 58.9 Å². The number of carbonyl (C=O) groups excluding carboxylic acids is 10. The summed E-state index contributed by atoms with van der Waals surface area (Å²) in [5, 5.41) is 26.9. The van der Waals surface area contributed by atoms with Crippen molar-refractivity contribution in [3.63, 3.8) is 0 Å². The summed E-state index contributed by atoms with van der Waals surface area (Å²) >= 11 is 0. The van der Waals surface area contributed by atoms with Crippen molar-refractivity contribution >= 4 is 99.3 Å². The molecule has 0 fully saturated rings. The first kappa shape index (κ1) is 64.6. The van der Waals surface area contributed by atoms with Crippen molar-refractivity contribution in [2.75, 3.05) is 77.5 Å². The molecule has 0 aliphatic carbocycles. The monoisotopic (exact) mass is 1240 g/mol. The summed E-state index contributed by atoms with van der Waals surface area (Å²) < 4.78 is 11.7. The van der Waals surface area contributed by atoms with Gasteiger partial charge in [-0.2, -0.15) is 0 Å². The zero-order valence-corrected chi connectivity index (χ0v) is 51.0. The molecule has 0 saturated carbocycles. The minimum atomic E-state index is -1.10. The molecule has 0 radical (unpaired) electrons. The Hall–Kier alpha value is -11.4. The van der Waals surface area contributed by atoms with Gasteiger partial charge in [-0.15, -0.1) is 0 Å². The Kier molecular flexibility index (Phi) is 20.1. The second-order valence-electron chi connectivity index (χ2n) is 21.3. The molecule has 12 N–H and O–H groups in total. The molecule has 34 nitrogen and oxygen atoms in total. The fourth-order valence-corrected chi connectivity index (χ4v) is 9.21. The molecule has 0 bridgehead atoms. The Labute approximate surface area is 513 Å². The summed E-state index contributed by atoms with van der Waals surface area (Å²) in [5.74, 6) is -5.35. The molecule has 8 aromatic rings. The predicted molar refractivity (Wildman–Crippen MR) is 329 cm³/mol. The minimum absolute atomic E-state index is 0.000502. The van der Waals surface area contributed by atoms with Crippen LogP contribution in [0.25, 0.3) is 0 Å². The van der Waals surface area contributed by atoms with E-state index in [9.17, 15) is 47.9 Å². The van der Waals surface area contributed by atoms with Crippen LogP contribution in [0, 0.1) is 0 Å². The number of rotatable bonds is 26. The molecule has 0 aliphatic heterocycles. The van der Waals surface area contributed by atoms with Crippen LogP contribution in [0.2, 0.25) is 0 Å². The maximum absolute atomic E-state index is 13.5.